The molecule has 0 saturated carbocycles. The van der Waals surface area contributed by atoms with Gasteiger partial charge in [0.05, 0.1) is 33.4 Å². The van der Waals surface area contributed by atoms with Crippen molar-refractivity contribution in [2.75, 3.05) is 0 Å². The first-order valence-corrected chi connectivity index (χ1v) is 27.9. The summed E-state index contributed by atoms with van der Waals surface area (Å²) in [4.78, 5) is 9.66. The number of aromatic nitrogens is 5. The fraction of sp³-hybridized carbons (Fsp3) is 0.0658. The lowest BCUT2D eigenvalue weighted by Crippen LogP contribution is -2.31. The number of para-hydroxylation sites is 3. The molecule has 0 bridgehead atoms. The molecule has 4 aromatic heterocycles. The molecule has 10 aromatic carbocycles. The van der Waals surface area contributed by atoms with Gasteiger partial charge < -0.3 is 4.74 Å². The van der Waals surface area contributed by atoms with E-state index in [1.807, 2.05) is 31.5 Å². The number of rotatable bonds is 11. The van der Waals surface area contributed by atoms with Crippen molar-refractivity contribution >= 4 is 32.8 Å². The molecular formula is C76H57N5O. The fourth-order valence-corrected chi connectivity index (χ4v) is 11.6. The van der Waals surface area contributed by atoms with E-state index in [-0.39, 0.29) is 5.41 Å². The van der Waals surface area contributed by atoms with Crippen molar-refractivity contribution in [1.29, 1.82) is 0 Å². The summed E-state index contributed by atoms with van der Waals surface area (Å²) in [7, 11) is 0. The van der Waals surface area contributed by atoms with Crippen LogP contribution in [0.15, 0.2) is 273 Å². The van der Waals surface area contributed by atoms with Gasteiger partial charge >= 0.3 is 0 Å². The molecule has 14 aromatic rings. The van der Waals surface area contributed by atoms with E-state index in [1.165, 1.54) is 5.56 Å². The lowest BCUT2D eigenvalue weighted by Gasteiger charge is -2.20. The van der Waals surface area contributed by atoms with E-state index in [0.717, 1.165) is 122 Å². The van der Waals surface area contributed by atoms with Crippen LogP contribution in [0, 0.1) is 13.3 Å². The molecule has 82 heavy (non-hydrogen) atoms. The van der Waals surface area contributed by atoms with Crippen molar-refractivity contribution in [3.63, 3.8) is 0 Å². The van der Waals surface area contributed by atoms with Crippen LogP contribution >= 0.6 is 0 Å². The van der Waals surface area contributed by atoms with Gasteiger partial charge in [0.25, 0.3) is 6.33 Å². The van der Waals surface area contributed by atoms with Gasteiger partial charge in [-0.3, -0.25) is 18.7 Å². The topological polar surface area (TPSA) is 48.8 Å². The lowest BCUT2D eigenvalue weighted by molar-refractivity contribution is -0.571. The first-order valence-electron chi connectivity index (χ1n) is 27.9. The predicted molar refractivity (Wildman–Crippen MR) is 336 cm³/mol. The van der Waals surface area contributed by atoms with Gasteiger partial charge in [-0.2, -0.15) is 0 Å². The highest BCUT2D eigenvalue weighted by Gasteiger charge is 2.23. The Balaban J connectivity index is 0.951. The molecule has 0 fully saturated rings. The number of benzene rings is 10. The average Bonchev–Trinajstić information content (AvgIpc) is 3.90. The fourth-order valence-electron chi connectivity index (χ4n) is 11.6. The zero-order valence-electron chi connectivity index (χ0n) is 46.1. The molecule has 0 amide bonds. The van der Waals surface area contributed by atoms with Crippen molar-refractivity contribution in [1.82, 2.24) is 19.1 Å². The highest BCUT2D eigenvalue weighted by molar-refractivity contribution is 6.09. The second-order valence-corrected chi connectivity index (χ2v) is 22.1. The maximum absolute atomic E-state index is 6.90. The summed E-state index contributed by atoms with van der Waals surface area (Å²) in [6.45, 7) is 8.73. The van der Waals surface area contributed by atoms with E-state index in [4.69, 9.17) is 14.7 Å². The number of aryl methyl sites for hydroxylation is 1. The van der Waals surface area contributed by atoms with Gasteiger partial charge in [0.2, 0.25) is 0 Å². The monoisotopic (exact) mass is 1060 g/mol. The van der Waals surface area contributed by atoms with Gasteiger partial charge in [-0.1, -0.05) is 191 Å². The highest BCUT2D eigenvalue weighted by atomic mass is 16.5. The highest BCUT2D eigenvalue weighted by Crippen LogP contribution is 2.42. The molecule has 0 aliphatic rings. The smallest absolute Gasteiger partial charge is 0.269 e. The van der Waals surface area contributed by atoms with Crippen LogP contribution in [0.25, 0.3) is 117 Å². The van der Waals surface area contributed by atoms with Crippen molar-refractivity contribution in [2.45, 2.75) is 33.1 Å². The number of ether oxygens (including phenoxy) is 1. The molecule has 0 spiro atoms. The van der Waals surface area contributed by atoms with Gasteiger partial charge in [0, 0.05) is 34.9 Å². The molecule has 6 nitrogen and oxygen atoms in total. The molecule has 0 atom stereocenters. The minimum absolute atomic E-state index is 0.0528. The van der Waals surface area contributed by atoms with E-state index in [0.29, 0.717) is 11.5 Å². The van der Waals surface area contributed by atoms with Crippen LogP contribution in [0.4, 0.5) is 0 Å². The normalized spacial score (nSPS) is 11.7. The standard InChI is InChI=1S/C76H57N5O/c1-51-39-72-69(49-78-51)68-36-35-65(48-73(68)81(72)74-46-62(37-38-77-74)76(2,3)4)82-64-30-19-29-63(47-64)79-50-80(71-34-18-17-33-70(71)79)75-66(60-42-56(52-21-9-5-10-22-52)40-57(43-60)53-23-11-6-12-24-53)31-20-32-67(75)61-44-58(54-25-13-7-14-26-54)41-59(45-61)55-27-15-8-16-28-55/h5-49H,1-4H3. The Morgan fingerprint density at radius 1 is 0.415 bits per heavy atom. The van der Waals surface area contributed by atoms with E-state index in [1.54, 1.807) is 0 Å². The Bertz CT molecular complexity index is 4430. The Morgan fingerprint density at radius 3 is 1.50 bits per heavy atom. The number of fused-ring (bicyclic) bond motifs is 4. The van der Waals surface area contributed by atoms with Crippen LogP contribution in [0.1, 0.15) is 32.0 Å². The Morgan fingerprint density at radius 2 is 0.927 bits per heavy atom. The molecule has 4 heterocycles. The molecule has 0 aliphatic carbocycles. The van der Waals surface area contributed by atoms with E-state index in [2.05, 4.69) is 290 Å². The van der Waals surface area contributed by atoms with E-state index in [9.17, 15) is 0 Å². The van der Waals surface area contributed by atoms with Gasteiger partial charge in [-0.25, -0.2) is 4.98 Å². The van der Waals surface area contributed by atoms with Gasteiger partial charge in [0.15, 0.2) is 0 Å². The third-order valence-electron chi connectivity index (χ3n) is 15.7. The van der Waals surface area contributed by atoms with Crippen LogP contribution in [-0.2, 0) is 5.41 Å². The van der Waals surface area contributed by atoms with E-state index >= 15 is 0 Å². The Kier molecular flexibility index (Phi) is 12.6. The molecule has 14 rings (SSSR count). The minimum atomic E-state index is -0.0528. The first kappa shape index (κ1) is 49.8. The second-order valence-electron chi connectivity index (χ2n) is 22.1. The molecule has 0 aliphatic heterocycles. The zero-order chi connectivity index (χ0) is 55.3. The van der Waals surface area contributed by atoms with Crippen LogP contribution in [0.3, 0.4) is 0 Å². The van der Waals surface area contributed by atoms with Crippen molar-refractivity contribution in [2.24, 2.45) is 0 Å². The van der Waals surface area contributed by atoms with Gasteiger partial charge in [-0.15, -0.1) is 0 Å². The van der Waals surface area contributed by atoms with Crippen LogP contribution in [-0.4, -0.2) is 19.1 Å². The third-order valence-corrected chi connectivity index (χ3v) is 15.7. The molecule has 0 saturated heterocycles. The third kappa shape index (κ3) is 9.40. The molecular weight excluding hydrogens is 999 g/mol. The van der Waals surface area contributed by atoms with Crippen molar-refractivity contribution in [3.05, 3.63) is 291 Å². The van der Waals surface area contributed by atoms with Crippen LogP contribution in [0.5, 0.6) is 11.5 Å². The SMILES string of the molecule is Cc1cc2c(cn1)c1ccc(Oc3cccc(-n4[c-][n+](-c5c(-c6cc(-c7ccccc7)cc(-c7ccccc7)c6)cccc5-c5cc(-c6ccccc6)cc(-c6ccccc6)c5)c5ccccc54)c3)cc1n2-c1cc(C(C)(C)C)ccn1. The first-order chi connectivity index (χ1) is 40.2. The minimum Gasteiger partial charge on any atom is -0.458 e. The summed E-state index contributed by atoms with van der Waals surface area (Å²) in [5.41, 5.74) is 21.5. The van der Waals surface area contributed by atoms with Crippen molar-refractivity contribution < 1.29 is 9.30 Å². The molecule has 0 unspecified atom stereocenters. The zero-order valence-corrected chi connectivity index (χ0v) is 46.1. The summed E-state index contributed by atoms with van der Waals surface area (Å²) in [6.07, 6.45) is 7.85. The maximum atomic E-state index is 6.90. The Labute approximate surface area is 478 Å². The van der Waals surface area contributed by atoms with Crippen LogP contribution < -0.4 is 9.30 Å². The number of imidazole rings is 1. The van der Waals surface area contributed by atoms with E-state index < -0.39 is 0 Å². The number of hydrogen-bond donors (Lipinski definition) is 0. The molecule has 6 heteroatoms. The summed E-state index contributed by atoms with van der Waals surface area (Å²) in [6, 6.07) is 93.2. The van der Waals surface area contributed by atoms with Crippen molar-refractivity contribution in [3.8, 4) is 95.5 Å². The van der Waals surface area contributed by atoms with Gasteiger partial charge in [-0.05, 0) is 170 Å². The summed E-state index contributed by atoms with van der Waals surface area (Å²) >= 11 is 0. The van der Waals surface area contributed by atoms with Gasteiger partial charge in [0.1, 0.15) is 17.3 Å². The maximum Gasteiger partial charge on any atom is 0.269 e. The molecule has 0 radical (unpaired) electrons. The quantitative estimate of drug-likeness (QED) is 0.0958. The number of hydrogen-bond acceptors (Lipinski definition) is 3. The largest absolute Gasteiger partial charge is 0.458 e. The second kappa shape index (κ2) is 20.7. The average molecular weight is 1060 g/mol. The lowest BCUT2D eigenvalue weighted by atomic mass is 9.88. The summed E-state index contributed by atoms with van der Waals surface area (Å²) < 4.78 is 13.6. The molecule has 0 N–H and O–H groups in total. The Hall–Kier alpha value is -10.4. The summed E-state index contributed by atoms with van der Waals surface area (Å²) in [5.74, 6) is 2.26. The number of pyridine rings is 2. The number of nitrogens with zero attached hydrogens (tertiary/aromatic N) is 5. The van der Waals surface area contributed by atoms with Crippen LogP contribution in [0.2, 0.25) is 0 Å². The summed E-state index contributed by atoms with van der Waals surface area (Å²) in [5, 5.41) is 2.14. The molecule has 392 valence electrons. The predicted octanol–water partition coefficient (Wildman–Crippen LogP) is 19.0.